The lowest BCUT2D eigenvalue weighted by molar-refractivity contribution is -0.0618. The van der Waals surface area contributed by atoms with E-state index in [1.165, 1.54) is 38.9 Å². The summed E-state index contributed by atoms with van der Waals surface area (Å²) in [6.07, 6.45) is 13.4. The predicted octanol–water partition coefficient (Wildman–Crippen LogP) is 3.03. The first kappa shape index (κ1) is 11.5. The Balaban J connectivity index is 1.23. The van der Waals surface area contributed by atoms with Crippen LogP contribution in [0.4, 0.5) is 0 Å². The minimum absolute atomic E-state index is 0.542. The highest BCUT2D eigenvalue weighted by molar-refractivity contribution is 5.02. The van der Waals surface area contributed by atoms with E-state index in [1.54, 1.807) is 38.5 Å². The molecule has 2 unspecified atom stereocenters. The van der Waals surface area contributed by atoms with E-state index in [9.17, 15) is 0 Å². The first-order chi connectivity index (χ1) is 10.2. The molecular formula is C18H30N2. The van der Waals surface area contributed by atoms with E-state index >= 15 is 0 Å². The third-order valence-corrected chi connectivity index (χ3v) is 7.32. The molecule has 4 aliphatic carbocycles. The number of piperazine rings is 1. The predicted molar refractivity (Wildman–Crippen MR) is 81.6 cm³/mol. The van der Waals surface area contributed by atoms with Crippen LogP contribution in [0, 0.1) is 23.2 Å². The molecular weight excluding hydrogens is 244 g/mol. The number of rotatable bonds is 3. The van der Waals surface area contributed by atoms with Crippen molar-refractivity contribution in [1.29, 1.82) is 0 Å². The van der Waals surface area contributed by atoms with Gasteiger partial charge in [0.1, 0.15) is 1.41 Å². The molecule has 6 bridgehead atoms. The maximum atomic E-state index is 8.11. The van der Waals surface area contributed by atoms with E-state index in [0.29, 0.717) is 12.1 Å². The quantitative estimate of drug-likeness (QED) is 0.852. The molecule has 0 spiro atoms. The fourth-order valence-electron chi connectivity index (χ4n) is 6.95. The van der Waals surface area contributed by atoms with Gasteiger partial charge in [-0.2, -0.15) is 0 Å². The van der Waals surface area contributed by atoms with Crippen LogP contribution in [-0.2, 0) is 0 Å². The molecule has 6 rings (SSSR count). The van der Waals surface area contributed by atoms with Gasteiger partial charge in [-0.1, -0.05) is 0 Å². The molecule has 112 valence electrons. The summed E-state index contributed by atoms with van der Waals surface area (Å²) in [6, 6.07) is 1.08. The van der Waals surface area contributed by atoms with Crippen LogP contribution in [-0.4, -0.2) is 36.6 Å². The van der Waals surface area contributed by atoms with Gasteiger partial charge in [-0.15, -0.1) is 0 Å². The first-order valence-electron chi connectivity index (χ1n) is 9.63. The standard InChI is InChI=1S/C18H30N2/c1-2-17-12-20(11-16(1)19-17)4-3-18-8-13-5-14(9-18)7-15(6-13)10-18/h13-17,19H,1-12H2/i/hD. The van der Waals surface area contributed by atoms with Gasteiger partial charge < -0.3 is 10.2 Å². The van der Waals surface area contributed by atoms with Crippen LogP contribution < -0.4 is 5.31 Å². The van der Waals surface area contributed by atoms with Crippen molar-refractivity contribution in [1.82, 2.24) is 10.2 Å². The van der Waals surface area contributed by atoms with Crippen LogP contribution in [0.2, 0.25) is 1.41 Å². The molecule has 6 fully saturated rings. The van der Waals surface area contributed by atoms with Gasteiger partial charge in [0, 0.05) is 25.2 Å². The Morgan fingerprint density at radius 1 is 0.950 bits per heavy atom. The zero-order valence-electron chi connectivity index (χ0n) is 13.8. The summed E-state index contributed by atoms with van der Waals surface area (Å²) in [7, 11) is 0. The van der Waals surface area contributed by atoms with Crippen molar-refractivity contribution in [2.75, 3.05) is 19.6 Å². The van der Waals surface area contributed by atoms with E-state index in [-0.39, 0.29) is 0 Å². The number of hydrogen-bond donors (Lipinski definition) is 1. The molecule has 6 aliphatic rings. The second kappa shape index (κ2) is 4.46. The van der Waals surface area contributed by atoms with Crippen molar-refractivity contribution in [3.63, 3.8) is 0 Å². The Morgan fingerprint density at radius 3 is 2.05 bits per heavy atom. The van der Waals surface area contributed by atoms with Gasteiger partial charge in [0.05, 0.1) is 0 Å². The Bertz CT molecular complexity index is 374. The Hall–Kier alpha value is -0.0800. The molecule has 4 saturated carbocycles. The van der Waals surface area contributed by atoms with Crippen molar-refractivity contribution in [2.45, 2.75) is 69.9 Å². The fraction of sp³-hybridized carbons (Fsp3) is 1.00. The second-order valence-electron chi connectivity index (χ2n) is 8.96. The average Bonchev–Trinajstić information content (AvgIpc) is 2.67. The van der Waals surface area contributed by atoms with Crippen molar-refractivity contribution < 1.29 is 1.41 Å². The molecule has 0 aromatic rings. The summed E-state index contributed by atoms with van der Waals surface area (Å²) in [6.45, 7) is 3.67. The topological polar surface area (TPSA) is 15.3 Å². The Morgan fingerprint density at radius 2 is 1.50 bits per heavy atom. The molecule has 0 amide bonds. The van der Waals surface area contributed by atoms with Crippen LogP contribution in [0.15, 0.2) is 0 Å². The van der Waals surface area contributed by atoms with Crippen molar-refractivity contribution >= 4 is 0 Å². The summed E-state index contributed by atoms with van der Waals surface area (Å²) in [5.41, 5.74) is 0.742. The maximum absolute atomic E-state index is 8.11. The van der Waals surface area contributed by atoms with Gasteiger partial charge >= 0.3 is 0 Å². The molecule has 2 atom stereocenters. The lowest BCUT2D eigenvalue weighted by Gasteiger charge is -2.57. The number of likely N-dealkylation sites (tertiary alicyclic amines) is 1. The van der Waals surface area contributed by atoms with E-state index in [2.05, 4.69) is 4.90 Å². The molecule has 2 saturated heterocycles. The van der Waals surface area contributed by atoms with Gasteiger partial charge in [-0.05, 0) is 87.5 Å². The Labute approximate surface area is 125 Å². The molecule has 2 heteroatoms. The van der Waals surface area contributed by atoms with Crippen LogP contribution in [0.25, 0.3) is 0 Å². The third kappa shape index (κ3) is 2.06. The summed E-state index contributed by atoms with van der Waals surface area (Å²) in [5.74, 6) is 3.28. The van der Waals surface area contributed by atoms with Crippen molar-refractivity contribution in [2.24, 2.45) is 23.2 Å². The highest BCUT2D eigenvalue weighted by Gasteiger charge is 2.50. The fourth-order valence-corrected chi connectivity index (χ4v) is 6.95. The summed E-state index contributed by atoms with van der Waals surface area (Å²) in [4.78, 5) is 2.71. The summed E-state index contributed by atoms with van der Waals surface area (Å²) >= 11 is 0. The lowest BCUT2D eigenvalue weighted by atomic mass is 9.49. The normalized spacial score (nSPS) is 55.4. The number of nitrogens with one attached hydrogen (secondary N) is 1. The minimum atomic E-state index is 0.542. The largest absolute Gasteiger partial charge is 0.309 e. The molecule has 2 aliphatic heterocycles. The first-order valence-corrected chi connectivity index (χ1v) is 9.19. The zero-order chi connectivity index (χ0) is 14.0. The average molecular weight is 275 g/mol. The van der Waals surface area contributed by atoms with E-state index in [1.807, 2.05) is 5.31 Å². The molecule has 0 aromatic heterocycles. The van der Waals surface area contributed by atoms with E-state index in [4.69, 9.17) is 1.41 Å². The second-order valence-corrected chi connectivity index (χ2v) is 8.96. The third-order valence-electron chi connectivity index (χ3n) is 7.32. The number of fused-ring (bicyclic) bond motifs is 2. The van der Waals surface area contributed by atoms with Crippen LogP contribution in [0.1, 0.15) is 57.8 Å². The molecule has 2 nitrogen and oxygen atoms in total. The molecule has 0 aromatic carbocycles. The number of hydrogen-bond acceptors (Lipinski definition) is 2. The van der Waals surface area contributed by atoms with Gasteiger partial charge in [0.25, 0.3) is 0 Å². The van der Waals surface area contributed by atoms with Crippen molar-refractivity contribution in [3.8, 4) is 0 Å². The monoisotopic (exact) mass is 275 g/mol. The van der Waals surface area contributed by atoms with Crippen molar-refractivity contribution in [3.05, 3.63) is 0 Å². The molecule has 0 radical (unpaired) electrons. The maximum Gasteiger partial charge on any atom is 0.123 e. The lowest BCUT2D eigenvalue weighted by Crippen LogP contribution is -2.53. The molecule has 20 heavy (non-hydrogen) atoms. The smallest absolute Gasteiger partial charge is 0.123 e. The van der Waals surface area contributed by atoms with E-state index in [0.717, 1.165) is 23.2 Å². The van der Waals surface area contributed by atoms with Gasteiger partial charge in [-0.3, -0.25) is 0 Å². The minimum Gasteiger partial charge on any atom is -0.309 e. The van der Waals surface area contributed by atoms with Gasteiger partial charge in [0.2, 0.25) is 0 Å². The number of nitrogens with zero attached hydrogens (tertiary/aromatic N) is 1. The van der Waals surface area contributed by atoms with Crippen LogP contribution in [0.3, 0.4) is 0 Å². The SMILES string of the molecule is [2H]N1C2CCC1CN(CCC13CC4CC(CC(C4)C1)C3)C2. The Kier molecular flexibility index (Phi) is 2.56. The van der Waals surface area contributed by atoms with Gasteiger partial charge in [-0.25, -0.2) is 0 Å². The zero-order valence-corrected chi connectivity index (χ0v) is 12.8. The summed E-state index contributed by atoms with van der Waals surface area (Å²) < 4.78 is 8.11. The van der Waals surface area contributed by atoms with Gasteiger partial charge in [0.15, 0.2) is 0 Å². The summed E-state index contributed by atoms with van der Waals surface area (Å²) in [5, 5.41) is 1.92. The van der Waals surface area contributed by atoms with E-state index < -0.39 is 0 Å². The highest BCUT2D eigenvalue weighted by Crippen LogP contribution is 2.61. The molecule has 2 heterocycles. The highest BCUT2D eigenvalue weighted by atomic mass is 15.2. The van der Waals surface area contributed by atoms with Crippen LogP contribution >= 0.6 is 0 Å². The van der Waals surface area contributed by atoms with Crippen LogP contribution in [0.5, 0.6) is 0 Å². The molecule has 1 N–H and O–H groups in total.